The molecule has 2 atom stereocenters. The van der Waals surface area contributed by atoms with E-state index in [9.17, 15) is 9.59 Å². The van der Waals surface area contributed by atoms with Gasteiger partial charge in [-0.15, -0.1) is 0 Å². The highest BCUT2D eigenvalue weighted by Gasteiger charge is 2.48. The smallest absolute Gasteiger partial charge is 0.408 e. The van der Waals surface area contributed by atoms with Crippen molar-refractivity contribution in [3.63, 3.8) is 0 Å². The summed E-state index contributed by atoms with van der Waals surface area (Å²) in [5.74, 6) is 1.07. The summed E-state index contributed by atoms with van der Waals surface area (Å²) < 4.78 is 15.9. The van der Waals surface area contributed by atoms with Crippen LogP contribution in [0.1, 0.15) is 26.3 Å². The van der Waals surface area contributed by atoms with Gasteiger partial charge in [-0.05, 0) is 32.9 Å². The van der Waals surface area contributed by atoms with Gasteiger partial charge in [0.15, 0.2) is 0 Å². The number of nitrogens with one attached hydrogen (secondary N) is 2. The van der Waals surface area contributed by atoms with Gasteiger partial charge in [0.1, 0.15) is 23.1 Å². The van der Waals surface area contributed by atoms with Crippen molar-refractivity contribution in [1.29, 1.82) is 0 Å². The predicted octanol–water partition coefficient (Wildman–Crippen LogP) is 0.890. The van der Waals surface area contributed by atoms with Crippen molar-refractivity contribution in [2.24, 2.45) is 0 Å². The molecule has 9 nitrogen and oxygen atoms in total. The summed E-state index contributed by atoms with van der Waals surface area (Å²) in [6, 6.07) is 4.43. The average Bonchev–Trinajstić information content (AvgIpc) is 2.67. The van der Waals surface area contributed by atoms with E-state index in [-0.39, 0.29) is 18.6 Å². The van der Waals surface area contributed by atoms with Gasteiger partial charge in [-0.3, -0.25) is 4.79 Å². The van der Waals surface area contributed by atoms with Gasteiger partial charge in [-0.25, -0.2) is 4.79 Å². The Bertz CT molecular complexity index is 719. The molecule has 0 radical (unpaired) electrons. The maximum atomic E-state index is 12.7. The highest BCUT2D eigenvalue weighted by molar-refractivity contribution is 5.92. The van der Waals surface area contributed by atoms with Crippen molar-refractivity contribution in [2.75, 3.05) is 33.9 Å². The zero-order chi connectivity index (χ0) is 21.6. The van der Waals surface area contributed by atoms with E-state index in [1.807, 2.05) is 6.07 Å². The molecule has 0 unspecified atom stereocenters. The minimum Gasteiger partial charge on any atom is -0.497 e. The van der Waals surface area contributed by atoms with Gasteiger partial charge in [0, 0.05) is 31.3 Å². The number of nitrogens with zero attached hydrogens (tertiary/aromatic N) is 1. The molecule has 0 saturated carbocycles. The van der Waals surface area contributed by atoms with Crippen molar-refractivity contribution >= 4 is 12.0 Å². The molecule has 2 amide bonds. The molecule has 1 aliphatic heterocycles. The van der Waals surface area contributed by atoms with Gasteiger partial charge in [0.05, 0.1) is 26.9 Å². The topological polar surface area (TPSA) is 109 Å². The molecule has 0 bridgehead atoms. The number of alkyl carbamates (subject to hydrolysis) is 1. The SMILES string of the molecule is COc1ccc(CN2C(=O)[C@@H](NC(=O)OC(C)(C)C)[C@H]2CNCCO)c(OC)c1. The first kappa shape index (κ1) is 22.8. The molecule has 1 aromatic rings. The third-order valence-electron chi connectivity index (χ3n) is 4.48. The predicted molar refractivity (Wildman–Crippen MR) is 107 cm³/mol. The Hall–Kier alpha value is -2.52. The van der Waals surface area contributed by atoms with Gasteiger partial charge in [0.2, 0.25) is 5.91 Å². The fourth-order valence-electron chi connectivity index (χ4n) is 3.12. The quantitative estimate of drug-likeness (QED) is 0.410. The second kappa shape index (κ2) is 9.80. The summed E-state index contributed by atoms with van der Waals surface area (Å²) in [7, 11) is 3.13. The first-order chi connectivity index (χ1) is 13.7. The molecule has 1 fully saturated rings. The van der Waals surface area contributed by atoms with Gasteiger partial charge in [-0.1, -0.05) is 0 Å². The molecule has 1 saturated heterocycles. The lowest BCUT2D eigenvalue weighted by Crippen LogP contribution is -2.72. The number of benzene rings is 1. The maximum Gasteiger partial charge on any atom is 0.408 e. The Morgan fingerprint density at radius 2 is 1.97 bits per heavy atom. The number of carbonyl (C=O) groups is 2. The Morgan fingerprint density at radius 1 is 1.24 bits per heavy atom. The molecular formula is C20H31N3O6. The summed E-state index contributed by atoms with van der Waals surface area (Å²) in [6.45, 7) is 6.41. The van der Waals surface area contributed by atoms with Crippen molar-refractivity contribution in [1.82, 2.24) is 15.5 Å². The number of carbonyl (C=O) groups excluding carboxylic acids is 2. The molecule has 2 rings (SSSR count). The van der Waals surface area contributed by atoms with Crippen LogP contribution in [0.4, 0.5) is 4.79 Å². The summed E-state index contributed by atoms with van der Waals surface area (Å²) >= 11 is 0. The summed E-state index contributed by atoms with van der Waals surface area (Å²) in [5.41, 5.74) is 0.169. The van der Waals surface area contributed by atoms with Crippen molar-refractivity contribution in [3.8, 4) is 11.5 Å². The lowest BCUT2D eigenvalue weighted by molar-refractivity contribution is -0.152. The number of hydrogen-bond donors (Lipinski definition) is 3. The summed E-state index contributed by atoms with van der Waals surface area (Å²) in [5, 5.41) is 14.8. The zero-order valence-corrected chi connectivity index (χ0v) is 17.7. The largest absolute Gasteiger partial charge is 0.497 e. The van der Waals surface area contributed by atoms with E-state index in [4.69, 9.17) is 19.3 Å². The van der Waals surface area contributed by atoms with Crippen molar-refractivity contribution in [3.05, 3.63) is 23.8 Å². The van der Waals surface area contributed by atoms with Crippen LogP contribution in [0.5, 0.6) is 11.5 Å². The average molecular weight is 409 g/mol. The lowest BCUT2D eigenvalue weighted by atomic mass is 9.93. The van der Waals surface area contributed by atoms with Crippen LogP contribution in [0, 0.1) is 0 Å². The Morgan fingerprint density at radius 3 is 2.55 bits per heavy atom. The minimum absolute atomic E-state index is 0.0167. The number of likely N-dealkylation sites (tertiary alicyclic amines) is 1. The molecule has 0 spiro atoms. The number of amides is 2. The number of aliphatic hydroxyl groups is 1. The second-order valence-corrected chi connectivity index (χ2v) is 7.76. The van der Waals surface area contributed by atoms with E-state index in [0.717, 1.165) is 5.56 Å². The standard InChI is InChI=1S/C20H31N3O6/c1-20(2,3)29-19(26)22-17-15(11-21-8-9-24)23(18(17)25)12-13-6-7-14(27-4)10-16(13)28-5/h6-7,10,15,17,21,24H,8-9,11-12H2,1-5H3,(H,22,26)/t15-,17+/m1/s1. The van der Waals surface area contributed by atoms with Crippen LogP contribution in [0.15, 0.2) is 18.2 Å². The third kappa shape index (κ3) is 5.98. The normalized spacial score (nSPS) is 18.8. The van der Waals surface area contributed by atoms with Gasteiger partial charge in [0.25, 0.3) is 0 Å². The fourth-order valence-corrected chi connectivity index (χ4v) is 3.12. The van der Waals surface area contributed by atoms with Gasteiger partial charge >= 0.3 is 6.09 Å². The van der Waals surface area contributed by atoms with E-state index < -0.39 is 17.7 Å². The van der Waals surface area contributed by atoms with Crippen LogP contribution in [0.2, 0.25) is 0 Å². The number of rotatable bonds is 9. The number of hydrogen-bond acceptors (Lipinski definition) is 7. The fraction of sp³-hybridized carbons (Fsp3) is 0.600. The van der Waals surface area contributed by atoms with Crippen LogP contribution in [-0.2, 0) is 16.1 Å². The lowest BCUT2D eigenvalue weighted by Gasteiger charge is -2.47. The van der Waals surface area contributed by atoms with E-state index in [1.165, 1.54) is 0 Å². The van der Waals surface area contributed by atoms with E-state index in [2.05, 4.69) is 10.6 Å². The molecule has 0 aromatic heterocycles. The number of methoxy groups -OCH3 is 2. The Balaban J connectivity index is 2.12. The first-order valence-electron chi connectivity index (χ1n) is 9.52. The summed E-state index contributed by atoms with van der Waals surface area (Å²) in [6.07, 6.45) is -0.635. The minimum atomic E-state index is -0.694. The van der Waals surface area contributed by atoms with Crippen molar-refractivity contribution in [2.45, 2.75) is 45.0 Å². The van der Waals surface area contributed by atoms with Gasteiger partial charge < -0.3 is 34.9 Å². The molecule has 1 heterocycles. The van der Waals surface area contributed by atoms with E-state index in [0.29, 0.717) is 31.1 Å². The molecule has 1 aromatic carbocycles. The highest BCUT2D eigenvalue weighted by atomic mass is 16.6. The molecule has 1 aliphatic rings. The number of β-lactam (4-membered cyclic amide) rings is 1. The maximum absolute atomic E-state index is 12.7. The molecule has 29 heavy (non-hydrogen) atoms. The van der Waals surface area contributed by atoms with Crippen LogP contribution < -0.4 is 20.1 Å². The van der Waals surface area contributed by atoms with E-state index >= 15 is 0 Å². The molecule has 9 heteroatoms. The Labute approximate surface area is 171 Å². The number of ether oxygens (including phenoxy) is 3. The van der Waals surface area contributed by atoms with Crippen LogP contribution >= 0.6 is 0 Å². The number of aliphatic hydroxyl groups excluding tert-OH is 1. The highest BCUT2D eigenvalue weighted by Crippen LogP contribution is 2.30. The monoisotopic (exact) mass is 409 g/mol. The van der Waals surface area contributed by atoms with Crippen LogP contribution in [0.3, 0.4) is 0 Å². The van der Waals surface area contributed by atoms with E-state index in [1.54, 1.807) is 52.0 Å². The Kier molecular flexibility index (Phi) is 7.69. The molecular weight excluding hydrogens is 378 g/mol. The zero-order valence-electron chi connectivity index (χ0n) is 17.7. The first-order valence-corrected chi connectivity index (χ1v) is 9.52. The third-order valence-corrected chi connectivity index (χ3v) is 4.48. The van der Waals surface area contributed by atoms with Crippen molar-refractivity contribution < 1.29 is 28.9 Å². The molecule has 162 valence electrons. The molecule has 0 aliphatic carbocycles. The van der Waals surface area contributed by atoms with Gasteiger partial charge in [-0.2, -0.15) is 0 Å². The molecule has 3 N–H and O–H groups in total. The van der Waals surface area contributed by atoms with Crippen LogP contribution in [-0.4, -0.2) is 73.6 Å². The summed E-state index contributed by atoms with van der Waals surface area (Å²) in [4.78, 5) is 26.5. The van der Waals surface area contributed by atoms with Crippen LogP contribution in [0.25, 0.3) is 0 Å². The second-order valence-electron chi connectivity index (χ2n) is 7.76.